The van der Waals surface area contributed by atoms with Gasteiger partial charge >= 0.3 is 11.9 Å². The lowest BCUT2D eigenvalue weighted by molar-refractivity contribution is -0.169. The van der Waals surface area contributed by atoms with Gasteiger partial charge in [-0.05, 0) is 51.9 Å². The number of esters is 1. The minimum Gasteiger partial charge on any atom is -0.480 e. The predicted octanol–water partition coefficient (Wildman–Crippen LogP) is 1.45. The van der Waals surface area contributed by atoms with E-state index in [1.165, 1.54) is 0 Å². The topological polar surface area (TPSA) is 139 Å². The fourth-order valence-corrected chi connectivity index (χ4v) is 3.25. The Balaban J connectivity index is 3.07. The number of ether oxygens (including phenoxy) is 1. The average molecular weight is 414 g/mol. The zero-order valence-corrected chi connectivity index (χ0v) is 18.3. The standard InChI is InChI=1S/C20H35N3O6/c1-19(2,3)11-13(18(28)29-20(4,5)6)16(25)23(21)14(17(26)27)10-12-8-7-9-22-15(12)24/h12-14H,7-11,21H2,1-6H3,(H,22,24)(H,26,27). The number of carboxylic acids is 1. The van der Waals surface area contributed by atoms with E-state index in [4.69, 9.17) is 10.6 Å². The molecule has 0 radical (unpaired) electrons. The molecule has 0 aromatic rings. The maximum absolute atomic E-state index is 13.1. The van der Waals surface area contributed by atoms with Crippen LogP contribution in [0.4, 0.5) is 0 Å². The fraction of sp³-hybridized carbons (Fsp3) is 0.800. The van der Waals surface area contributed by atoms with Crippen molar-refractivity contribution in [2.75, 3.05) is 6.54 Å². The summed E-state index contributed by atoms with van der Waals surface area (Å²) in [6.07, 6.45) is 1.28. The number of carbonyl (C=O) groups is 4. The number of carbonyl (C=O) groups excluding carboxylic acids is 3. The number of nitrogens with zero attached hydrogens (tertiary/aromatic N) is 1. The van der Waals surface area contributed by atoms with Crippen molar-refractivity contribution in [3.05, 3.63) is 0 Å². The molecule has 3 atom stereocenters. The van der Waals surface area contributed by atoms with E-state index in [1.807, 2.05) is 20.8 Å². The van der Waals surface area contributed by atoms with E-state index in [-0.39, 0.29) is 18.7 Å². The minimum atomic E-state index is -1.42. The highest BCUT2D eigenvalue weighted by Gasteiger charge is 2.41. The Bertz CT molecular complexity index is 635. The number of amides is 2. The molecule has 0 saturated carbocycles. The smallest absolute Gasteiger partial charge is 0.328 e. The third kappa shape index (κ3) is 8.00. The molecule has 1 rings (SSSR count). The third-order valence-corrected chi connectivity index (χ3v) is 4.59. The van der Waals surface area contributed by atoms with Gasteiger partial charge in [0.15, 0.2) is 0 Å². The van der Waals surface area contributed by atoms with Crippen LogP contribution >= 0.6 is 0 Å². The summed E-state index contributed by atoms with van der Waals surface area (Å²) in [5, 5.41) is 12.9. The molecule has 2 amide bonds. The Morgan fingerprint density at radius 3 is 2.28 bits per heavy atom. The van der Waals surface area contributed by atoms with Gasteiger partial charge in [-0.25, -0.2) is 10.6 Å². The van der Waals surface area contributed by atoms with Crippen LogP contribution in [-0.4, -0.2) is 52.1 Å². The first-order valence-electron chi connectivity index (χ1n) is 9.93. The zero-order valence-electron chi connectivity index (χ0n) is 18.3. The fourth-order valence-electron chi connectivity index (χ4n) is 3.25. The number of hydrazine groups is 1. The lowest BCUT2D eigenvalue weighted by Crippen LogP contribution is -2.55. The van der Waals surface area contributed by atoms with Gasteiger partial charge < -0.3 is 15.2 Å². The molecule has 4 N–H and O–H groups in total. The highest BCUT2D eigenvalue weighted by molar-refractivity contribution is 5.99. The van der Waals surface area contributed by atoms with E-state index >= 15 is 0 Å². The molecule has 0 aromatic carbocycles. The molecule has 1 aliphatic heterocycles. The van der Waals surface area contributed by atoms with Crippen LogP contribution in [0.2, 0.25) is 0 Å². The van der Waals surface area contributed by atoms with Crippen molar-refractivity contribution in [3.8, 4) is 0 Å². The predicted molar refractivity (Wildman–Crippen MR) is 106 cm³/mol. The number of hydrogen-bond donors (Lipinski definition) is 3. The number of carboxylic acid groups (broad SMARTS) is 1. The van der Waals surface area contributed by atoms with Crippen LogP contribution in [0.5, 0.6) is 0 Å². The highest BCUT2D eigenvalue weighted by Crippen LogP contribution is 2.29. The van der Waals surface area contributed by atoms with Gasteiger partial charge in [0.05, 0.1) is 0 Å². The monoisotopic (exact) mass is 413 g/mol. The summed E-state index contributed by atoms with van der Waals surface area (Å²) >= 11 is 0. The Labute approximate surface area is 172 Å². The summed E-state index contributed by atoms with van der Waals surface area (Å²) in [7, 11) is 0. The molecule has 0 spiro atoms. The Kier molecular flexibility index (Phi) is 8.20. The van der Waals surface area contributed by atoms with Crippen molar-refractivity contribution < 1.29 is 29.0 Å². The number of aliphatic carboxylic acids is 1. The van der Waals surface area contributed by atoms with E-state index in [2.05, 4.69) is 5.32 Å². The van der Waals surface area contributed by atoms with E-state index in [1.54, 1.807) is 20.8 Å². The molecule has 0 bridgehead atoms. The first kappa shape index (κ1) is 24.9. The molecule has 9 nitrogen and oxygen atoms in total. The van der Waals surface area contributed by atoms with E-state index in [0.717, 1.165) is 6.42 Å². The SMILES string of the molecule is CC(C)(C)CC(C(=O)OC(C)(C)C)C(=O)N(N)C(CC1CCCNC1=O)C(=O)O. The van der Waals surface area contributed by atoms with Gasteiger partial charge in [-0.3, -0.25) is 19.4 Å². The maximum atomic E-state index is 13.1. The average Bonchev–Trinajstić information content (AvgIpc) is 2.55. The molecule has 0 aromatic heterocycles. The summed E-state index contributed by atoms with van der Waals surface area (Å²) in [6, 6.07) is -1.42. The molecule has 29 heavy (non-hydrogen) atoms. The van der Waals surface area contributed by atoms with E-state index in [9.17, 15) is 24.3 Å². The largest absolute Gasteiger partial charge is 0.480 e. The lowest BCUT2D eigenvalue weighted by Gasteiger charge is -2.33. The summed E-state index contributed by atoms with van der Waals surface area (Å²) in [5.74, 6) is 0.991. The molecule has 166 valence electrons. The minimum absolute atomic E-state index is 0.111. The van der Waals surface area contributed by atoms with Crippen LogP contribution in [0.25, 0.3) is 0 Å². The Morgan fingerprint density at radius 2 is 1.83 bits per heavy atom. The van der Waals surface area contributed by atoms with Gasteiger partial charge in [0.25, 0.3) is 5.91 Å². The zero-order chi connectivity index (χ0) is 22.6. The van der Waals surface area contributed by atoms with Gasteiger partial charge in [-0.15, -0.1) is 0 Å². The van der Waals surface area contributed by atoms with Crippen LogP contribution in [0, 0.1) is 17.3 Å². The number of piperidine rings is 1. The Morgan fingerprint density at radius 1 is 1.24 bits per heavy atom. The Hall–Kier alpha value is -2.16. The quantitative estimate of drug-likeness (QED) is 0.189. The molecule has 9 heteroatoms. The van der Waals surface area contributed by atoms with Gasteiger partial charge in [0.1, 0.15) is 17.6 Å². The van der Waals surface area contributed by atoms with Crippen molar-refractivity contribution in [2.45, 2.75) is 78.9 Å². The number of nitrogens with two attached hydrogens (primary N) is 1. The number of rotatable bonds is 7. The van der Waals surface area contributed by atoms with Crippen molar-refractivity contribution in [2.24, 2.45) is 23.1 Å². The van der Waals surface area contributed by atoms with E-state index < -0.39 is 46.7 Å². The molecular weight excluding hydrogens is 378 g/mol. The lowest BCUT2D eigenvalue weighted by atomic mass is 9.83. The molecule has 3 unspecified atom stereocenters. The van der Waals surface area contributed by atoms with Crippen LogP contribution in [0.1, 0.15) is 67.2 Å². The number of hydrogen-bond acceptors (Lipinski definition) is 6. The van der Waals surface area contributed by atoms with Crippen molar-refractivity contribution >= 4 is 23.8 Å². The van der Waals surface area contributed by atoms with Crippen molar-refractivity contribution in [3.63, 3.8) is 0 Å². The third-order valence-electron chi connectivity index (χ3n) is 4.59. The molecule has 1 aliphatic rings. The second-order valence-electron chi connectivity index (χ2n) is 9.82. The van der Waals surface area contributed by atoms with E-state index in [0.29, 0.717) is 18.0 Å². The van der Waals surface area contributed by atoms with Crippen molar-refractivity contribution in [1.82, 2.24) is 10.3 Å². The molecule has 1 fully saturated rings. The summed E-state index contributed by atoms with van der Waals surface area (Å²) < 4.78 is 5.37. The molecule has 1 saturated heterocycles. The second-order valence-corrected chi connectivity index (χ2v) is 9.82. The van der Waals surface area contributed by atoms with Crippen molar-refractivity contribution in [1.29, 1.82) is 0 Å². The molecule has 0 aliphatic carbocycles. The first-order chi connectivity index (χ1) is 13.1. The van der Waals surface area contributed by atoms with Gasteiger partial charge in [-0.2, -0.15) is 0 Å². The van der Waals surface area contributed by atoms with Crippen LogP contribution in [0.15, 0.2) is 0 Å². The second kappa shape index (κ2) is 9.56. The van der Waals surface area contributed by atoms with Crippen LogP contribution in [0.3, 0.4) is 0 Å². The summed E-state index contributed by atoms with van der Waals surface area (Å²) in [5.41, 5.74) is -1.21. The number of nitrogens with one attached hydrogen (secondary N) is 1. The van der Waals surface area contributed by atoms with Crippen LogP contribution < -0.4 is 11.2 Å². The summed E-state index contributed by atoms with van der Waals surface area (Å²) in [6.45, 7) is 11.2. The molecule has 1 heterocycles. The van der Waals surface area contributed by atoms with Crippen LogP contribution in [-0.2, 0) is 23.9 Å². The highest BCUT2D eigenvalue weighted by atomic mass is 16.6. The van der Waals surface area contributed by atoms with Gasteiger partial charge in [0.2, 0.25) is 5.91 Å². The maximum Gasteiger partial charge on any atom is 0.328 e. The first-order valence-corrected chi connectivity index (χ1v) is 9.93. The summed E-state index contributed by atoms with van der Waals surface area (Å²) in [4.78, 5) is 49.6. The molecular formula is C20H35N3O6. The van der Waals surface area contributed by atoms with Gasteiger partial charge in [0, 0.05) is 12.5 Å². The normalized spacial score (nSPS) is 19.7. The van der Waals surface area contributed by atoms with Gasteiger partial charge in [-0.1, -0.05) is 20.8 Å².